The van der Waals surface area contributed by atoms with Crippen molar-refractivity contribution in [1.29, 1.82) is 0 Å². The van der Waals surface area contributed by atoms with Crippen LogP contribution in [0.15, 0.2) is 40.6 Å². The summed E-state index contributed by atoms with van der Waals surface area (Å²) in [5, 5.41) is 2.03. The highest BCUT2D eigenvalue weighted by Crippen LogP contribution is 2.22. The summed E-state index contributed by atoms with van der Waals surface area (Å²) in [5.74, 6) is 0.0441. The van der Waals surface area contributed by atoms with E-state index in [2.05, 4.69) is 6.07 Å². The molecule has 0 atom stereocenters. The molecular formula is C20H27N3O3S2. The minimum atomic E-state index is -3.53. The Bertz CT molecular complexity index is 918. The first kappa shape index (κ1) is 21.0. The molecule has 2 heterocycles. The van der Waals surface area contributed by atoms with E-state index in [1.54, 1.807) is 22.3 Å². The molecule has 0 bridgehead atoms. The molecule has 28 heavy (non-hydrogen) atoms. The number of aryl methyl sites for hydroxylation is 2. The summed E-state index contributed by atoms with van der Waals surface area (Å²) in [7, 11) is -1.60. The number of carbonyl (C=O) groups is 1. The Balaban J connectivity index is 1.56. The molecule has 8 heteroatoms. The smallest absolute Gasteiger partial charge is 0.243 e. The number of hydrogen-bond acceptors (Lipinski definition) is 5. The number of benzene rings is 1. The highest BCUT2D eigenvalue weighted by atomic mass is 32.2. The molecule has 152 valence electrons. The van der Waals surface area contributed by atoms with Crippen molar-refractivity contribution < 1.29 is 13.2 Å². The van der Waals surface area contributed by atoms with Gasteiger partial charge in [-0.15, -0.1) is 11.3 Å². The maximum absolute atomic E-state index is 13.0. The third kappa shape index (κ3) is 4.81. The molecule has 1 saturated heterocycles. The zero-order valence-electron chi connectivity index (χ0n) is 16.6. The van der Waals surface area contributed by atoms with Crippen LogP contribution in [0, 0.1) is 13.8 Å². The van der Waals surface area contributed by atoms with Crippen molar-refractivity contribution in [2.75, 3.05) is 39.8 Å². The third-order valence-electron chi connectivity index (χ3n) is 4.95. The Morgan fingerprint density at radius 2 is 1.86 bits per heavy atom. The van der Waals surface area contributed by atoms with Crippen LogP contribution < -0.4 is 0 Å². The largest absolute Gasteiger partial charge is 0.339 e. The molecule has 1 aromatic heterocycles. The minimum Gasteiger partial charge on any atom is -0.339 e. The summed E-state index contributed by atoms with van der Waals surface area (Å²) >= 11 is 1.68. The molecule has 0 radical (unpaired) electrons. The lowest BCUT2D eigenvalue weighted by Crippen LogP contribution is -2.52. The van der Waals surface area contributed by atoms with E-state index in [1.807, 2.05) is 49.4 Å². The maximum Gasteiger partial charge on any atom is 0.243 e. The Morgan fingerprint density at radius 1 is 1.14 bits per heavy atom. The summed E-state index contributed by atoms with van der Waals surface area (Å²) in [5.41, 5.74) is 1.80. The number of rotatable bonds is 6. The van der Waals surface area contributed by atoms with E-state index < -0.39 is 10.0 Å². The van der Waals surface area contributed by atoms with Gasteiger partial charge in [-0.1, -0.05) is 23.8 Å². The number of amides is 1. The van der Waals surface area contributed by atoms with E-state index in [9.17, 15) is 13.2 Å². The van der Waals surface area contributed by atoms with Crippen LogP contribution in [0.25, 0.3) is 0 Å². The Morgan fingerprint density at radius 3 is 2.46 bits per heavy atom. The van der Waals surface area contributed by atoms with Gasteiger partial charge >= 0.3 is 0 Å². The standard InChI is InChI=1S/C20H27N3O3S2/c1-16-6-7-19(17(2)13-16)28(25,26)23-10-8-22(9-11-23)20(24)15-21(3)14-18-5-4-12-27-18/h4-7,12-13H,8-11,14-15H2,1-3H3. The average molecular weight is 422 g/mol. The zero-order chi connectivity index (χ0) is 20.3. The van der Waals surface area contributed by atoms with Crippen LogP contribution in [0.2, 0.25) is 0 Å². The van der Waals surface area contributed by atoms with Gasteiger partial charge in [-0.05, 0) is 44.0 Å². The highest BCUT2D eigenvalue weighted by Gasteiger charge is 2.31. The lowest BCUT2D eigenvalue weighted by atomic mass is 10.2. The van der Waals surface area contributed by atoms with E-state index in [-0.39, 0.29) is 5.91 Å². The first-order valence-corrected chi connectivity index (χ1v) is 11.7. The Hall–Kier alpha value is -1.74. The van der Waals surface area contributed by atoms with E-state index in [1.165, 1.54) is 9.18 Å². The summed E-state index contributed by atoms with van der Waals surface area (Å²) in [6.07, 6.45) is 0. The zero-order valence-corrected chi connectivity index (χ0v) is 18.2. The van der Waals surface area contributed by atoms with Gasteiger partial charge in [-0.25, -0.2) is 8.42 Å². The number of hydrogen-bond donors (Lipinski definition) is 0. The molecule has 6 nitrogen and oxygen atoms in total. The van der Waals surface area contributed by atoms with Gasteiger partial charge in [0.05, 0.1) is 11.4 Å². The van der Waals surface area contributed by atoms with E-state index in [4.69, 9.17) is 0 Å². The fourth-order valence-corrected chi connectivity index (χ4v) is 5.87. The number of nitrogens with zero attached hydrogens (tertiary/aromatic N) is 3. The molecule has 1 aliphatic rings. The molecule has 0 saturated carbocycles. The number of thiophene rings is 1. The second-order valence-corrected chi connectivity index (χ2v) is 10.2. The molecule has 1 aromatic carbocycles. The Labute approximate surface area is 171 Å². The Kier molecular flexibility index (Phi) is 6.54. The van der Waals surface area contributed by atoms with Crippen molar-refractivity contribution in [2.45, 2.75) is 25.3 Å². The van der Waals surface area contributed by atoms with Crippen LogP contribution in [0.5, 0.6) is 0 Å². The van der Waals surface area contributed by atoms with Crippen LogP contribution in [-0.2, 0) is 21.4 Å². The summed E-state index contributed by atoms with van der Waals surface area (Å²) in [6, 6.07) is 9.45. The average Bonchev–Trinajstić information content (AvgIpc) is 3.14. The molecular weight excluding hydrogens is 394 g/mol. The lowest BCUT2D eigenvalue weighted by Gasteiger charge is -2.35. The fourth-order valence-electron chi connectivity index (χ4n) is 3.46. The molecule has 0 aliphatic carbocycles. The number of sulfonamides is 1. The van der Waals surface area contributed by atoms with Gasteiger partial charge in [0, 0.05) is 37.6 Å². The molecule has 1 fully saturated rings. The molecule has 0 spiro atoms. The first-order chi connectivity index (χ1) is 13.3. The van der Waals surface area contributed by atoms with E-state index in [0.29, 0.717) is 37.6 Å². The number of likely N-dealkylation sites (N-methyl/N-ethyl adjacent to an activating group) is 1. The summed E-state index contributed by atoms with van der Waals surface area (Å²) in [4.78, 5) is 17.9. The number of carbonyl (C=O) groups excluding carboxylic acids is 1. The van der Waals surface area contributed by atoms with Gasteiger partial charge in [0.1, 0.15) is 0 Å². The van der Waals surface area contributed by atoms with Gasteiger partial charge < -0.3 is 4.90 Å². The highest BCUT2D eigenvalue weighted by molar-refractivity contribution is 7.89. The lowest BCUT2D eigenvalue weighted by molar-refractivity contribution is -0.133. The van der Waals surface area contributed by atoms with Gasteiger partial charge in [0.15, 0.2) is 0 Å². The molecule has 1 aliphatic heterocycles. The minimum absolute atomic E-state index is 0.0441. The van der Waals surface area contributed by atoms with Crippen LogP contribution in [0.4, 0.5) is 0 Å². The van der Waals surface area contributed by atoms with Gasteiger partial charge in [0.25, 0.3) is 0 Å². The molecule has 2 aromatic rings. The molecule has 0 unspecified atom stereocenters. The van der Waals surface area contributed by atoms with Crippen molar-refractivity contribution in [3.63, 3.8) is 0 Å². The van der Waals surface area contributed by atoms with Gasteiger partial charge in [-0.3, -0.25) is 9.69 Å². The molecule has 1 amide bonds. The third-order valence-corrected chi connectivity index (χ3v) is 7.87. The van der Waals surface area contributed by atoms with Crippen LogP contribution in [0.1, 0.15) is 16.0 Å². The van der Waals surface area contributed by atoms with Crippen molar-refractivity contribution in [3.8, 4) is 0 Å². The second-order valence-electron chi connectivity index (χ2n) is 7.31. The fraction of sp³-hybridized carbons (Fsp3) is 0.450. The van der Waals surface area contributed by atoms with Gasteiger partial charge in [0.2, 0.25) is 15.9 Å². The SMILES string of the molecule is Cc1ccc(S(=O)(=O)N2CCN(C(=O)CN(C)Cc3cccs3)CC2)c(C)c1. The van der Waals surface area contributed by atoms with Crippen molar-refractivity contribution in [2.24, 2.45) is 0 Å². The maximum atomic E-state index is 13.0. The summed E-state index contributed by atoms with van der Waals surface area (Å²) < 4.78 is 27.4. The summed E-state index contributed by atoms with van der Waals surface area (Å²) in [6.45, 7) is 6.36. The normalized spacial score (nSPS) is 15.9. The predicted molar refractivity (Wildman–Crippen MR) is 112 cm³/mol. The van der Waals surface area contributed by atoms with Crippen molar-refractivity contribution >= 4 is 27.3 Å². The van der Waals surface area contributed by atoms with Gasteiger partial charge in [-0.2, -0.15) is 4.31 Å². The van der Waals surface area contributed by atoms with Crippen LogP contribution >= 0.6 is 11.3 Å². The first-order valence-electron chi connectivity index (χ1n) is 9.33. The topological polar surface area (TPSA) is 60.9 Å². The second kappa shape index (κ2) is 8.73. The molecule has 0 N–H and O–H groups in total. The number of piperazine rings is 1. The van der Waals surface area contributed by atoms with Crippen LogP contribution in [-0.4, -0.2) is 68.2 Å². The molecule has 3 rings (SSSR count). The van der Waals surface area contributed by atoms with Crippen molar-refractivity contribution in [3.05, 3.63) is 51.7 Å². The van der Waals surface area contributed by atoms with E-state index in [0.717, 1.165) is 17.7 Å². The quantitative estimate of drug-likeness (QED) is 0.718. The monoisotopic (exact) mass is 421 g/mol. The predicted octanol–water partition coefficient (Wildman–Crippen LogP) is 2.33. The van der Waals surface area contributed by atoms with E-state index >= 15 is 0 Å². The van der Waals surface area contributed by atoms with Crippen LogP contribution in [0.3, 0.4) is 0 Å². The van der Waals surface area contributed by atoms with Crippen molar-refractivity contribution in [1.82, 2.24) is 14.1 Å².